The van der Waals surface area contributed by atoms with Gasteiger partial charge >= 0.3 is 0 Å². The Balaban J connectivity index is 1.86. The number of piperidine rings is 1. The quantitative estimate of drug-likeness (QED) is 0.356. The average molecular weight is 308 g/mol. The van der Waals surface area contributed by atoms with E-state index in [4.69, 9.17) is 5.53 Å². The Morgan fingerprint density at radius 3 is 2.67 bits per heavy atom. The molecule has 18 heavy (non-hydrogen) atoms. The lowest BCUT2D eigenvalue weighted by Gasteiger charge is -2.34. The minimum absolute atomic E-state index is 0.618. The van der Waals surface area contributed by atoms with Crippen LogP contribution < -0.4 is 4.90 Å². The van der Waals surface area contributed by atoms with Crippen LogP contribution in [0.4, 0.5) is 11.4 Å². The third-order valence-corrected chi connectivity index (χ3v) is 4.54. The highest BCUT2D eigenvalue weighted by atomic mass is 79.9. The molecule has 0 radical (unpaired) electrons. The van der Waals surface area contributed by atoms with Crippen LogP contribution in [0.15, 0.2) is 22.0 Å². The van der Waals surface area contributed by atoms with Crippen molar-refractivity contribution in [2.75, 3.05) is 18.0 Å². The Labute approximate surface area is 114 Å². The number of rotatable bonds is 2. The Kier molecular flexibility index (Phi) is 2.92. The van der Waals surface area contributed by atoms with Gasteiger partial charge in [-0.1, -0.05) is 5.11 Å². The number of aromatic nitrogens is 1. The highest BCUT2D eigenvalue weighted by Gasteiger charge is 2.44. The normalized spacial score (nSPS) is 20.6. The van der Waals surface area contributed by atoms with E-state index >= 15 is 0 Å². The standard InChI is InChI=1S/C12H14BrN5/c13-11-7-10(9(8-15-11)16-17-14)18-5-3-12(1-2-12)4-6-18/h7-8H,1-6H2. The summed E-state index contributed by atoms with van der Waals surface area (Å²) in [5, 5.41) is 3.73. The third-order valence-electron chi connectivity index (χ3n) is 4.10. The molecule has 0 aromatic carbocycles. The molecule has 2 heterocycles. The maximum Gasteiger partial charge on any atom is 0.108 e. The molecule has 2 aliphatic rings. The molecule has 0 bridgehead atoms. The van der Waals surface area contributed by atoms with Crippen molar-refractivity contribution in [1.29, 1.82) is 0 Å². The van der Waals surface area contributed by atoms with Gasteiger partial charge in [-0.25, -0.2) is 4.98 Å². The summed E-state index contributed by atoms with van der Waals surface area (Å²) in [6.07, 6.45) is 6.92. The third kappa shape index (κ3) is 2.18. The summed E-state index contributed by atoms with van der Waals surface area (Å²) in [5.74, 6) is 0. The Morgan fingerprint density at radius 2 is 2.06 bits per heavy atom. The molecule has 0 N–H and O–H groups in total. The first-order valence-corrected chi connectivity index (χ1v) is 6.97. The van der Waals surface area contributed by atoms with Gasteiger partial charge in [-0.15, -0.1) is 0 Å². The molecule has 1 aromatic rings. The van der Waals surface area contributed by atoms with E-state index in [1.165, 1.54) is 25.7 Å². The zero-order valence-corrected chi connectivity index (χ0v) is 11.6. The van der Waals surface area contributed by atoms with Crippen molar-refractivity contribution < 1.29 is 0 Å². The van der Waals surface area contributed by atoms with Crippen LogP contribution in [-0.2, 0) is 0 Å². The van der Waals surface area contributed by atoms with E-state index in [1.807, 2.05) is 6.07 Å². The number of pyridine rings is 1. The molecule has 6 heteroatoms. The van der Waals surface area contributed by atoms with Crippen molar-refractivity contribution >= 4 is 27.3 Å². The fourth-order valence-electron chi connectivity index (χ4n) is 2.69. The van der Waals surface area contributed by atoms with Gasteiger partial charge in [0.05, 0.1) is 11.4 Å². The van der Waals surface area contributed by atoms with Gasteiger partial charge in [0.1, 0.15) is 4.60 Å². The zero-order chi connectivity index (χ0) is 12.6. The smallest absolute Gasteiger partial charge is 0.108 e. The first-order chi connectivity index (χ1) is 8.72. The number of anilines is 1. The van der Waals surface area contributed by atoms with Crippen molar-refractivity contribution in [1.82, 2.24) is 4.98 Å². The minimum atomic E-state index is 0.618. The van der Waals surface area contributed by atoms with E-state index in [0.717, 1.165) is 23.4 Å². The van der Waals surface area contributed by atoms with Crippen LogP contribution in [0, 0.1) is 5.41 Å². The Hall–Kier alpha value is -1.26. The van der Waals surface area contributed by atoms with E-state index < -0.39 is 0 Å². The molecule has 1 aliphatic carbocycles. The molecule has 1 spiro atoms. The van der Waals surface area contributed by atoms with Gasteiger partial charge in [0.15, 0.2) is 0 Å². The predicted octanol–water partition coefficient (Wildman–Crippen LogP) is 4.17. The lowest BCUT2D eigenvalue weighted by molar-refractivity contribution is 0.384. The fourth-order valence-corrected chi connectivity index (χ4v) is 3.01. The maximum absolute atomic E-state index is 8.61. The van der Waals surface area contributed by atoms with Crippen LogP contribution >= 0.6 is 15.9 Å². The first kappa shape index (κ1) is 11.8. The van der Waals surface area contributed by atoms with Crippen molar-refractivity contribution in [3.8, 4) is 0 Å². The van der Waals surface area contributed by atoms with E-state index in [0.29, 0.717) is 11.1 Å². The highest BCUT2D eigenvalue weighted by molar-refractivity contribution is 9.10. The van der Waals surface area contributed by atoms with Crippen molar-refractivity contribution in [2.45, 2.75) is 25.7 Å². The van der Waals surface area contributed by atoms with Gasteiger partial charge in [-0.2, -0.15) is 0 Å². The molecular formula is C12H14BrN5. The van der Waals surface area contributed by atoms with E-state index in [1.54, 1.807) is 6.20 Å². The van der Waals surface area contributed by atoms with Gasteiger partial charge in [0.25, 0.3) is 0 Å². The number of hydrogen-bond acceptors (Lipinski definition) is 3. The van der Waals surface area contributed by atoms with Gasteiger partial charge in [-0.05, 0) is 58.6 Å². The molecule has 3 rings (SSSR count). The summed E-state index contributed by atoms with van der Waals surface area (Å²) in [7, 11) is 0. The van der Waals surface area contributed by atoms with Crippen molar-refractivity contribution in [3.05, 3.63) is 27.3 Å². The lowest BCUT2D eigenvalue weighted by atomic mass is 9.93. The second-order valence-electron chi connectivity index (χ2n) is 5.17. The summed E-state index contributed by atoms with van der Waals surface area (Å²) in [4.78, 5) is 9.30. The molecule has 1 aromatic heterocycles. The predicted molar refractivity (Wildman–Crippen MR) is 73.9 cm³/mol. The number of hydrogen-bond donors (Lipinski definition) is 0. The topological polar surface area (TPSA) is 64.9 Å². The SMILES string of the molecule is [N-]=[N+]=Nc1cnc(Br)cc1N1CCC2(CC1)CC2. The Morgan fingerprint density at radius 1 is 1.33 bits per heavy atom. The van der Waals surface area contributed by atoms with E-state index in [2.05, 4.69) is 35.8 Å². The molecule has 94 valence electrons. The van der Waals surface area contributed by atoms with Crippen LogP contribution in [0.3, 0.4) is 0 Å². The van der Waals surface area contributed by atoms with Crippen LogP contribution in [0.2, 0.25) is 0 Å². The zero-order valence-electron chi connectivity index (χ0n) is 10.0. The van der Waals surface area contributed by atoms with Crippen LogP contribution in [0.25, 0.3) is 10.4 Å². The summed E-state index contributed by atoms with van der Waals surface area (Å²) >= 11 is 3.38. The molecule has 1 aliphatic heterocycles. The minimum Gasteiger partial charge on any atom is -0.371 e. The van der Waals surface area contributed by atoms with Crippen LogP contribution in [0.5, 0.6) is 0 Å². The molecule has 1 saturated heterocycles. The Bertz CT molecular complexity index is 509. The van der Waals surface area contributed by atoms with E-state index in [9.17, 15) is 0 Å². The molecule has 0 atom stereocenters. The van der Waals surface area contributed by atoms with Gasteiger partial charge < -0.3 is 4.90 Å². The largest absolute Gasteiger partial charge is 0.371 e. The van der Waals surface area contributed by atoms with Crippen LogP contribution in [0.1, 0.15) is 25.7 Å². The molecule has 0 unspecified atom stereocenters. The van der Waals surface area contributed by atoms with E-state index in [-0.39, 0.29) is 0 Å². The number of nitrogens with zero attached hydrogens (tertiary/aromatic N) is 5. The second kappa shape index (κ2) is 4.44. The van der Waals surface area contributed by atoms with Crippen molar-refractivity contribution in [3.63, 3.8) is 0 Å². The van der Waals surface area contributed by atoms with Crippen LogP contribution in [-0.4, -0.2) is 18.1 Å². The maximum atomic E-state index is 8.61. The number of halogens is 1. The van der Waals surface area contributed by atoms with Crippen molar-refractivity contribution in [2.24, 2.45) is 10.5 Å². The summed E-state index contributed by atoms with van der Waals surface area (Å²) < 4.78 is 0.779. The lowest BCUT2D eigenvalue weighted by Crippen LogP contribution is -2.34. The summed E-state index contributed by atoms with van der Waals surface area (Å²) in [6, 6.07) is 1.94. The molecule has 2 fully saturated rings. The van der Waals surface area contributed by atoms with Gasteiger partial charge in [-0.3, -0.25) is 0 Å². The molecule has 5 nitrogen and oxygen atoms in total. The summed E-state index contributed by atoms with van der Waals surface area (Å²) in [6.45, 7) is 2.09. The van der Waals surface area contributed by atoms with Gasteiger partial charge in [0.2, 0.25) is 0 Å². The average Bonchev–Trinajstić information content (AvgIpc) is 3.13. The first-order valence-electron chi connectivity index (χ1n) is 6.18. The van der Waals surface area contributed by atoms with Gasteiger partial charge in [0, 0.05) is 24.2 Å². The summed E-state index contributed by atoms with van der Waals surface area (Å²) in [5.41, 5.74) is 10.9. The molecular weight excluding hydrogens is 294 g/mol. The highest BCUT2D eigenvalue weighted by Crippen LogP contribution is 2.54. The second-order valence-corrected chi connectivity index (χ2v) is 5.98. The number of azide groups is 1. The molecule has 0 amide bonds. The monoisotopic (exact) mass is 307 g/mol. The fraction of sp³-hybridized carbons (Fsp3) is 0.583. The molecule has 1 saturated carbocycles.